The summed E-state index contributed by atoms with van der Waals surface area (Å²) in [6.45, 7) is 16.6. The van der Waals surface area contributed by atoms with Gasteiger partial charge in [0, 0.05) is 0 Å². The molecule has 0 aliphatic heterocycles. The minimum Gasteiger partial charge on any atom is -0.443 e. The van der Waals surface area contributed by atoms with Crippen molar-refractivity contribution in [2.24, 2.45) is 0 Å². The summed E-state index contributed by atoms with van der Waals surface area (Å²) in [6, 6.07) is 0. The van der Waals surface area contributed by atoms with E-state index >= 15 is 0 Å². The monoisotopic (exact) mass is 314 g/mol. The largest absolute Gasteiger partial charge is 0.443 e. The minimum atomic E-state index is -0.695. The average molecular weight is 314 g/mol. The van der Waals surface area contributed by atoms with E-state index in [0.29, 0.717) is 0 Å². The van der Waals surface area contributed by atoms with Crippen LogP contribution in [0.3, 0.4) is 0 Å². The molecule has 128 valence electrons. The fraction of sp³-hybridized carbons (Fsp3) is 0.750. The first-order valence-electron chi connectivity index (χ1n) is 7.34. The summed E-state index contributed by atoms with van der Waals surface area (Å²) in [6.07, 6.45) is -1.32. The quantitative estimate of drug-likeness (QED) is 0.617. The van der Waals surface area contributed by atoms with Gasteiger partial charge in [0.2, 0.25) is 0 Å². The zero-order valence-corrected chi connectivity index (χ0v) is 15.3. The van der Waals surface area contributed by atoms with E-state index in [1.54, 1.807) is 41.5 Å². The maximum atomic E-state index is 12.2. The van der Waals surface area contributed by atoms with Crippen molar-refractivity contribution in [3.63, 3.8) is 0 Å². The van der Waals surface area contributed by atoms with Crippen LogP contribution in [0, 0.1) is 0 Å². The van der Waals surface area contributed by atoms with Gasteiger partial charge < -0.3 is 9.47 Å². The molecule has 0 saturated heterocycles. The Bertz CT molecular complexity index is 438. The van der Waals surface area contributed by atoms with Crippen LogP contribution < -0.4 is 5.43 Å². The van der Waals surface area contributed by atoms with E-state index in [-0.39, 0.29) is 6.54 Å². The van der Waals surface area contributed by atoms with Crippen LogP contribution in [-0.4, -0.2) is 34.9 Å². The lowest BCUT2D eigenvalue weighted by molar-refractivity contribution is 0.00347. The van der Waals surface area contributed by atoms with Gasteiger partial charge in [0.1, 0.15) is 11.2 Å². The van der Waals surface area contributed by atoms with Crippen molar-refractivity contribution in [1.29, 1.82) is 0 Å². The van der Waals surface area contributed by atoms with E-state index in [2.05, 4.69) is 5.43 Å². The van der Waals surface area contributed by atoms with Gasteiger partial charge >= 0.3 is 12.2 Å². The van der Waals surface area contributed by atoms with Gasteiger partial charge in [-0.2, -0.15) is 0 Å². The van der Waals surface area contributed by atoms with Crippen molar-refractivity contribution in [1.82, 2.24) is 10.4 Å². The molecule has 0 spiro atoms. The molecule has 0 bridgehead atoms. The van der Waals surface area contributed by atoms with E-state index in [0.717, 1.165) is 16.2 Å². The summed E-state index contributed by atoms with van der Waals surface area (Å²) in [5.41, 5.74) is 3.18. The number of hydrazine groups is 1. The van der Waals surface area contributed by atoms with Crippen molar-refractivity contribution in [2.45, 2.75) is 73.5 Å². The summed E-state index contributed by atoms with van der Waals surface area (Å²) in [4.78, 5) is 24.1. The minimum absolute atomic E-state index is 0.233. The van der Waals surface area contributed by atoms with Gasteiger partial charge in [-0.05, 0) is 62.3 Å². The summed E-state index contributed by atoms with van der Waals surface area (Å²) < 4.78 is 10.5. The number of allylic oxidation sites excluding steroid dienone is 1. The van der Waals surface area contributed by atoms with Crippen LogP contribution in [0.4, 0.5) is 9.59 Å². The van der Waals surface area contributed by atoms with Crippen molar-refractivity contribution in [2.75, 3.05) is 6.54 Å². The molecule has 2 amide bonds. The molecule has 0 fully saturated rings. The van der Waals surface area contributed by atoms with E-state index < -0.39 is 23.4 Å². The number of carbonyl (C=O) groups is 2. The number of nitrogens with one attached hydrogen (secondary N) is 1. The van der Waals surface area contributed by atoms with Crippen LogP contribution >= 0.6 is 0 Å². The maximum Gasteiger partial charge on any atom is 0.429 e. The predicted molar refractivity (Wildman–Crippen MR) is 86.4 cm³/mol. The van der Waals surface area contributed by atoms with Crippen LogP contribution in [-0.2, 0) is 9.47 Å². The summed E-state index contributed by atoms with van der Waals surface area (Å²) in [5.74, 6) is 0. The molecule has 0 heterocycles. The van der Waals surface area contributed by atoms with Crippen LogP contribution in [0.2, 0.25) is 0 Å². The highest BCUT2D eigenvalue weighted by molar-refractivity contribution is 5.74. The van der Waals surface area contributed by atoms with Crippen LogP contribution in [0.5, 0.6) is 0 Å². The van der Waals surface area contributed by atoms with Crippen LogP contribution in [0.1, 0.15) is 62.3 Å². The molecule has 0 aliphatic carbocycles. The lowest BCUT2D eigenvalue weighted by Crippen LogP contribution is -2.50. The molecule has 0 aromatic rings. The third-order valence-corrected chi connectivity index (χ3v) is 2.49. The van der Waals surface area contributed by atoms with Gasteiger partial charge in [-0.25, -0.2) is 20.0 Å². The normalized spacial score (nSPS) is 11.5. The second kappa shape index (κ2) is 7.51. The van der Waals surface area contributed by atoms with Crippen molar-refractivity contribution < 1.29 is 19.1 Å². The number of ether oxygens (including phenoxy) is 2. The molecule has 6 heteroatoms. The van der Waals surface area contributed by atoms with Crippen molar-refractivity contribution in [3.8, 4) is 0 Å². The molecule has 0 atom stereocenters. The van der Waals surface area contributed by atoms with Crippen LogP contribution in [0.25, 0.3) is 0 Å². The molecule has 6 nitrogen and oxygen atoms in total. The summed E-state index contributed by atoms with van der Waals surface area (Å²) in [7, 11) is 0. The van der Waals surface area contributed by atoms with E-state index in [9.17, 15) is 9.59 Å². The standard InChI is InChI=1S/C16H30N2O4/c1-11(2)12(3)10-18(14(20)22-16(7,8)9)17-13(19)21-15(4,5)6/h10H2,1-9H3,(H,17,19). The predicted octanol–water partition coefficient (Wildman–Crippen LogP) is 4.02. The molecule has 0 aliphatic rings. The molecular formula is C16H30N2O4. The second-order valence-electron chi connectivity index (χ2n) is 7.46. The Morgan fingerprint density at radius 3 is 1.73 bits per heavy atom. The molecule has 0 radical (unpaired) electrons. The number of carbonyl (C=O) groups excluding carboxylic acids is 2. The summed E-state index contributed by atoms with van der Waals surface area (Å²) >= 11 is 0. The molecule has 22 heavy (non-hydrogen) atoms. The first-order chi connectivity index (χ1) is 9.71. The third-order valence-electron chi connectivity index (χ3n) is 2.49. The summed E-state index contributed by atoms with van der Waals surface area (Å²) in [5, 5.41) is 1.13. The molecule has 0 unspecified atom stereocenters. The van der Waals surface area contributed by atoms with Gasteiger partial charge in [-0.1, -0.05) is 11.1 Å². The first-order valence-corrected chi connectivity index (χ1v) is 7.34. The molecule has 0 saturated carbocycles. The molecular weight excluding hydrogens is 284 g/mol. The Hall–Kier alpha value is -1.72. The van der Waals surface area contributed by atoms with Crippen LogP contribution in [0.15, 0.2) is 11.1 Å². The second-order valence-corrected chi connectivity index (χ2v) is 7.46. The zero-order chi connectivity index (χ0) is 17.7. The average Bonchev–Trinajstić information content (AvgIpc) is 2.22. The van der Waals surface area contributed by atoms with Crippen molar-refractivity contribution in [3.05, 3.63) is 11.1 Å². The lowest BCUT2D eigenvalue weighted by atomic mass is 10.2. The number of hydrogen-bond acceptors (Lipinski definition) is 4. The number of rotatable bonds is 2. The Labute approximate surface area is 133 Å². The molecule has 0 aromatic carbocycles. The smallest absolute Gasteiger partial charge is 0.429 e. The molecule has 0 rings (SSSR count). The highest BCUT2D eigenvalue weighted by atomic mass is 16.6. The molecule has 0 aromatic heterocycles. The van der Waals surface area contributed by atoms with E-state index in [4.69, 9.17) is 9.47 Å². The lowest BCUT2D eigenvalue weighted by Gasteiger charge is -2.29. The van der Waals surface area contributed by atoms with Crippen molar-refractivity contribution >= 4 is 12.2 Å². The van der Waals surface area contributed by atoms with Gasteiger partial charge in [-0.3, -0.25) is 0 Å². The number of amides is 2. The maximum absolute atomic E-state index is 12.2. The highest BCUT2D eigenvalue weighted by Gasteiger charge is 2.26. The molecule has 1 N–H and O–H groups in total. The third kappa shape index (κ3) is 9.26. The van der Waals surface area contributed by atoms with Gasteiger partial charge in [0.05, 0.1) is 6.54 Å². The zero-order valence-electron chi connectivity index (χ0n) is 15.3. The first kappa shape index (κ1) is 20.3. The van der Waals surface area contributed by atoms with Gasteiger partial charge in [0.25, 0.3) is 0 Å². The number of hydrogen-bond donors (Lipinski definition) is 1. The van der Waals surface area contributed by atoms with Gasteiger partial charge in [-0.15, -0.1) is 0 Å². The number of nitrogens with zero attached hydrogens (tertiary/aromatic N) is 1. The van der Waals surface area contributed by atoms with E-state index in [1.807, 2.05) is 20.8 Å². The Kier molecular flexibility index (Phi) is 6.93. The van der Waals surface area contributed by atoms with Gasteiger partial charge in [0.15, 0.2) is 0 Å². The highest BCUT2D eigenvalue weighted by Crippen LogP contribution is 2.12. The SMILES string of the molecule is CC(C)=C(C)CN(NC(=O)OC(C)(C)C)C(=O)OC(C)(C)C. The fourth-order valence-corrected chi connectivity index (χ4v) is 1.27. The topological polar surface area (TPSA) is 67.9 Å². The Morgan fingerprint density at radius 1 is 0.909 bits per heavy atom. The fourth-order valence-electron chi connectivity index (χ4n) is 1.27. The Morgan fingerprint density at radius 2 is 1.36 bits per heavy atom. The van der Waals surface area contributed by atoms with E-state index in [1.165, 1.54) is 0 Å². The Balaban J connectivity index is 5.06.